The van der Waals surface area contributed by atoms with Crippen LogP contribution < -0.4 is 15.4 Å². The molecule has 2 aromatic carbocycles. The van der Waals surface area contributed by atoms with Crippen LogP contribution in [0.1, 0.15) is 101 Å². The molecule has 0 atom stereocenters. The summed E-state index contributed by atoms with van der Waals surface area (Å²) in [7, 11) is 1.58. The van der Waals surface area contributed by atoms with Crippen molar-refractivity contribution in [3.63, 3.8) is 0 Å². The molecule has 0 bridgehead atoms. The molecule has 280 valence electrons. The van der Waals surface area contributed by atoms with Gasteiger partial charge in [0.1, 0.15) is 17.0 Å². The number of hydrogen-bond donors (Lipinski definition) is 2. The van der Waals surface area contributed by atoms with Gasteiger partial charge in [0.15, 0.2) is 5.78 Å². The Hall–Kier alpha value is -5.28. The first-order valence-electron chi connectivity index (χ1n) is 18.4. The summed E-state index contributed by atoms with van der Waals surface area (Å²) >= 11 is 0. The summed E-state index contributed by atoms with van der Waals surface area (Å²) in [5, 5.41) is 15.0. The molecule has 5 rings (SSSR count). The van der Waals surface area contributed by atoms with Crippen molar-refractivity contribution in [3.8, 4) is 11.8 Å². The van der Waals surface area contributed by atoms with E-state index in [0.717, 1.165) is 38.0 Å². The first kappa shape index (κ1) is 38.9. The van der Waals surface area contributed by atoms with Gasteiger partial charge >= 0.3 is 6.09 Å². The van der Waals surface area contributed by atoms with Crippen molar-refractivity contribution in [2.24, 2.45) is 5.92 Å². The average Bonchev–Trinajstić information content (AvgIpc) is 3.16. The Bertz CT molecular complexity index is 1780. The second-order valence-corrected chi connectivity index (χ2v) is 14.8. The second kappa shape index (κ2) is 18.0. The Balaban J connectivity index is 1.20. The Morgan fingerprint density at radius 1 is 0.925 bits per heavy atom. The van der Waals surface area contributed by atoms with Gasteiger partial charge < -0.3 is 25.0 Å². The number of nitrogens with one attached hydrogen (secondary N) is 2. The predicted octanol–water partition coefficient (Wildman–Crippen LogP) is 5.55. The number of hydrogen-bond acceptors (Lipinski definition) is 9. The quantitative estimate of drug-likeness (QED) is 0.181. The van der Waals surface area contributed by atoms with Crippen molar-refractivity contribution in [2.75, 3.05) is 39.8 Å². The van der Waals surface area contributed by atoms with Gasteiger partial charge in [-0.15, -0.1) is 0 Å². The molecule has 1 aromatic heterocycles. The molecule has 0 saturated carbocycles. The van der Waals surface area contributed by atoms with Crippen LogP contribution in [-0.2, 0) is 17.7 Å². The van der Waals surface area contributed by atoms with Gasteiger partial charge in [-0.2, -0.15) is 5.26 Å². The molecule has 2 N–H and O–H groups in total. The van der Waals surface area contributed by atoms with Gasteiger partial charge in [0.2, 0.25) is 0 Å². The maximum Gasteiger partial charge on any atom is 0.407 e. The van der Waals surface area contributed by atoms with Crippen LogP contribution >= 0.6 is 0 Å². The van der Waals surface area contributed by atoms with E-state index in [0.29, 0.717) is 73.3 Å². The fourth-order valence-corrected chi connectivity index (χ4v) is 6.73. The van der Waals surface area contributed by atoms with Gasteiger partial charge in [0.25, 0.3) is 11.8 Å². The average molecular weight is 723 g/mol. The van der Waals surface area contributed by atoms with Gasteiger partial charge in [0, 0.05) is 63.0 Å². The number of benzene rings is 2. The number of methoxy groups -OCH3 is 1. The fourth-order valence-electron chi connectivity index (χ4n) is 6.73. The van der Waals surface area contributed by atoms with Crippen molar-refractivity contribution < 1.29 is 28.7 Å². The fraction of sp³-hybridized carbons (Fsp3) is 0.463. The first-order chi connectivity index (χ1) is 25.4. The lowest BCUT2D eigenvalue weighted by atomic mass is 9.88. The Morgan fingerprint density at radius 3 is 2.23 bits per heavy atom. The molecule has 3 amide bonds. The summed E-state index contributed by atoms with van der Waals surface area (Å²) in [5.41, 5.74) is 3.07. The van der Waals surface area contributed by atoms with Gasteiger partial charge in [-0.1, -0.05) is 12.1 Å². The van der Waals surface area contributed by atoms with Crippen molar-refractivity contribution in [1.82, 2.24) is 25.4 Å². The molecule has 0 unspecified atom stereocenters. The van der Waals surface area contributed by atoms with Crippen LogP contribution in [0.3, 0.4) is 0 Å². The molecule has 0 spiro atoms. The second-order valence-electron chi connectivity index (χ2n) is 14.8. The third kappa shape index (κ3) is 11.1. The highest BCUT2D eigenvalue weighted by molar-refractivity contribution is 5.99. The lowest BCUT2D eigenvalue weighted by Gasteiger charge is -2.32. The van der Waals surface area contributed by atoms with Crippen molar-refractivity contribution in [2.45, 2.75) is 77.5 Å². The van der Waals surface area contributed by atoms with Gasteiger partial charge in [-0.05, 0) is 113 Å². The van der Waals surface area contributed by atoms with Gasteiger partial charge in [-0.25, -0.2) is 9.78 Å². The van der Waals surface area contributed by atoms with Crippen LogP contribution in [0.25, 0.3) is 0 Å². The number of carbonyl (C=O) groups is 4. The lowest BCUT2D eigenvalue weighted by molar-refractivity contribution is 0.0526. The smallest absolute Gasteiger partial charge is 0.407 e. The van der Waals surface area contributed by atoms with Crippen LogP contribution in [0, 0.1) is 17.2 Å². The van der Waals surface area contributed by atoms with E-state index in [9.17, 15) is 19.2 Å². The van der Waals surface area contributed by atoms with E-state index in [2.05, 4.69) is 26.6 Å². The third-order valence-corrected chi connectivity index (χ3v) is 9.66. The number of nitriles is 1. The van der Waals surface area contributed by atoms with Gasteiger partial charge in [-0.3, -0.25) is 19.3 Å². The number of aromatic nitrogens is 1. The van der Waals surface area contributed by atoms with E-state index >= 15 is 0 Å². The monoisotopic (exact) mass is 722 g/mol. The number of nitrogens with zero attached hydrogens (tertiary/aromatic N) is 4. The Morgan fingerprint density at radius 2 is 1.60 bits per heavy atom. The molecular weight excluding hydrogens is 672 g/mol. The number of ether oxygens (including phenoxy) is 2. The minimum Gasteiger partial charge on any atom is -0.497 e. The van der Waals surface area contributed by atoms with Crippen LogP contribution in [0.2, 0.25) is 0 Å². The minimum atomic E-state index is -0.621. The standard InChI is InChI=1S/C41H50N6O6/c1-41(2,3)53-40(51)43-19-5-6-32-24-33(38(49)45-34-17-20-46(21-18-34)27-29-9-7-28(25-42)8-10-29)26-44-36(32)39(50)47-22-15-31(16-23-47)37(48)30-11-13-35(52-4)14-12-30/h7-14,24,26,31,34H,5-6,15-23,27H2,1-4H3,(H,43,51)(H,45,49). The maximum absolute atomic E-state index is 13.9. The summed E-state index contributed by atoms with van der Waals surface area (Å²) in [4.78, 5) is 61.4. The molecule has 3 heterocycles. The van der Waals surface area contributed by atoms with E-state index in [1.807, 2.05) is 24.3 Å². The Labute approximate surface area is 311 Å². The number of pyridine rings is 1. The molecule has 2 fully saturated rings. The number of amides is 3. The molecule has 12 nitrogen and oxygen atoms in total. The normalized spacial score (nSPS) is 15.6. The number of rotatable bonds is 12. The van der Waals surface area contributed by atoms with Crippen LogP contribution in [-0.4, -0.2) is 90.0 Å². The zero-order chi connectivity index (χ0) is 38.0. The minimum absolute atomic E-state index is 0.00410. The highest BCUT2D eigenvalue weighted by Crippen LogP contribution is 2.25. The maximum atomic E-state index is 13.9. The molecule has 2 aliphatic heterocycles. The number of piperidine rings is 2. The number of aryl methyl sites for hydroxylation is 1. The number of ketones is 1. The van der Waals surface area contributed by atoms with Crippen LogP contribution in [0.15, 0.2) is 60.8 Å². The molecule has 2 aliphatic rings. The number of Topliss-reactive ketones (excluding diaryl/α,β-unsaturated/α-hetero) is 1. The summed E-state index contributed by atoms with van der Waals surface area (Å²) in [6.07, 6.45) is 4.53. The molecule has 3 aromatic rings. The molecule has 53 heavy (non-hydrogen) atoms. The highest BCUT2D eigenvalue weighted by Gasteiger charge is 2.30. The van der Waals surface area contributed by atoms with Crippen molar-refractivity contribution in [3.05, 3.63) is 94.3 Å². The lowest BCUT2D eigenvalue weighted by Crippen LogP contribution is -2.44. The summed E-state index contributed by atoms with van der Waals surface area (Å²) in [6.45, 7) is 8.98. The number of alkyl carbamates (subject to hydrolysis) is 1. The Kier molecular flexibility index (Phi) is 13.2. The predicted molar refractivity (Wildman–Crippen MR) is 200 cm³/mol. The SMILES string of the molecule is COc1ccc(C(=O)C2CCN(C(=O)c3ncc(C(=O)NC4CCN(Cc5ccc(C#N)cc5)CC4)cc3CCCNC(=O)OC(C)(C)C)CC2)cc1. The van der Waals surface area contributed by atoms with Crippen molar-refractivity contribution in [1.29, 1.82) is 5.26 Å². The van der Waals surface area contributed by atoms with Crippen LogP contribution in [0.5, 0.6) is 5.75 Å². The van der Waals surface area contributed by atoms with E-state index in [1.54, 1.807) is 63.1 Å². The summed E-state index contributed by atoms with van der Waals surface area (Å²) in [5.74, 6) is 0.0771. The van der Waals surface area contributed by atoms with Gasteiger partial charge in [0.05, 0.1) is 24.3 Å². The summed E-state index contributed by atoms with van der Waals surface area (Å²) < 4.78 is 10.6. The van der Waals surface area contributed by atoms with E-state index in [-0.39, 0.29) is 35.3 Å². The topological polar surface area (TPSA) is 154 Å². The molecule has 2 saturated heterocycles. The zero-order valence-corrected chi connectivity index (χ0v) is 31.2. The van der Waals surface area contributed by atoms with E-state index < -0.39 is 11.7 Å². The van der Waals surface area contributed by atoms with E-state index in [1.165, 1.54) is 6.20 Å². The third-order valence-electron chi connectivity index (χ3n) is 9.66. The zero-order valence-electron chi connectivity index (χ0n) is 31.2. The molecular formula is C41H50N6O6. The largest absolute Gasteiger partial charge is 0.497 e. The molecule has 0 aliphatic carbocycles. The molecule has 12 heteroatoms. The van der Waals surface area contributed by atoms with Crippen LogP contribution in [0.4, 0.5) is 4.79 Å². The number of likely N-dealkylation sites (tertiary alicyclic amines) is 2. The highest BCUT2D eigenvalue weighted by atomic mass is 16.6. The molecule has 0 radical (unpaired) electrons. The first-order valence-corrected chi connectivity index (χ1v) is 18.4. The number of carbonyl (C=O) groups excluding carboxylic acids is 4. The van der Waals surface area contributed by atoms with E-state index in [4.69, 9.17) is 14.7 Å². The summed E-state index contributed by atoms with van der Waals surface area (Å²) in [6, 6.07) is 18.6. The van der Waals surface area contributed by atoms with Crippen molar-refractivity contribution >= 4 is 23.7 Å².